The van der Waals surface area contributed by atoms with Gasteiger partial charge < -0.3 is 14.8 Å². The number of nitrogens with zero attached hydrogens (tertiary/aromatic N) is 2. The van der Waals surface area contributed by atoms with Crippen LogP contribution in [0.4, 0.5) is 0 Å². The summed E-state index contributed by atoms with van der Waals surface area (Å²) in [6.45, 7) is 3.18. The lowest BCUT2D eigenvalue weighted by molar-refractivity contribution is 0.0696. The van der Waals surface area contributed by atoms with Gasteiger partial charge in [0, 0.05) is 19.2 Å². The number of rotatable bonds is 5. The summed E-state index contributed by atoms with van der Waals surface area (Å²) >= 11 is 0. The van der Waals surface area contributed by atoms with Crippen LogP contribution in [0.2, 0.25) is 0 Å². The van der Waals surface area contributed by atoms with Crippen molar-refractivity contribution in [1.29, 1.82) is 0 Å². The molecule has 2 aromatic heterocycles. The van der Waals surface area contributed by atoms with E-state index in [2.05, 4.69) is 15.0 Å². The number of H-pyrrole nitrogens is 1. The highest BCUT2D eigenvalue weighted by atomic mass is 16.5. The SMILES string of the molecule is CCOCCc1nc2ncc(C(=O)O)cc2[nH]1. The van der Waals surface area contributed by atoms with Gasteiger partial charge in [0.1, 0.15) is 5.82 Å². The highest BCUT2D eigenvalue weighted by molar-refractivity contribution is 5.90. The molecule has 0 atom stereocenters. The van der Waals surface area contributed by atoms with Gasteiger partial charge in [0.25, 0.3) is 0 Å². The second-order valence-corrected chi connectivity index (χ2v) is 3.53. The Bertz CT molecular complexity index is 536. The quantitative estimate of drug-likeness (QED) is 0.761. The summed E-state index contributed by atoms with van der Waals surface area (Å²) < 4.78 is 5.22. The van der Waals surface area contributed by atoms with Gasteiger partial charge in [-0.15, -0.1) is 0 Å². The van der Waals surface area contributed by atoms with Crippen molar-refractivity contribution in [3.05, 3.63) is 23.7 Å². The number of pyridine rings is 1. The molecule has 0 spiro atoms. The summed E-state index contributed by atoms with van der Waals surface area (Å²) in [6.07, 6.45) is 1.96. The van der Waals surface area contributed by atoms with Crippen molar-refractivity contribution >= 4 is 17.1 Å². The Morgan fingerprint density at radius 1 is 1.59 bits per heavy atom. The molecule has 0 bridgehead atoms. The standard InChI is InChI=1S/C11H13N3O3/c1-2-17-4-3-9-13-8-5-7(11(15)16)6-12-10(8)14-9/h5-6H,2-4H2,1H3,(H,15,16)(H,12,13,14). The van der Waals surface area contributed by atoms with Gasteiger partial charge in [0.2, 0.25) is 0 Å². The first kappa shape index (κ1) is 11.5. The molecule has 6 nitrogen and oxygen atoms in total. The average molecular weight is 235 g/mol. The molecular formula is C11H13N3O3. The van der Waals surface area contributed by atoms with Gasteiger partial charge in [-0.2, -0.15) is 0 Å². The Morgan fingerprint density at radius 3 is 3.12 bits per heavy atom. The Kier molecular flexibility index (Phi) is 3.34. The van der Waals surface area contributed by atoms with Crippen molar-refractivity contribution in [1.82, 2.24) is 15.0 Å². The van der Waals surface area contributed by atoms with Crippen LogP contribution in [0.25, 0.3) is 11.2 Å². The lowest BCUT2D eigenvalue weighted by Crippen LogP contribution is -1.99. The number of fused-ring (bicyclic) bond motifs is 1. The fourth-order valence-electron chi connectivity index (χ4n) is 1.50. The van der Waals surface area contributed by atoms with E-state index >= 15 is 0 Å². The van der Waals surface area contributed by atoms with E-state index in [4.69, 9.17) is 9.84 Å². The molecule has 0 unspecified atom stereocenters. The van der Waals surface area contributed by atoms with E-state index in [0.29, 0.717) is 30.8 Å². The van der Waals surface area contributed by atoms with Gasteiger partial charge in [-0.1, -0.05) is 0 Å². The summed E-state index contributed by atoms with van der Waals surface area (Å²) in [5.41, 5.74) is 1.32. The van der Waals surface area contributed by atoms with Crippen LogP contribution in [-0.2, 0) is 11.2 Å². The maximum atomic E-state index is 10.8. The van der Waals surface area contributed by atoms with Crippen LogP contribution in [0.1, 0.15) is 23.1 Å². The van der Waals surface area contributed by atoms with Crippen LogP contribution in [0.15, 0.2) is 12.3 Å². The van der Waals surface area contributed by atoms with E-state index in [1.165, 1.54) is 12.3 Å². The minimum atomic E-state index is -0.995. The molecule has 6 heteroatoms. The molecular weight excluding hydrogens is 222 g/mol. The topological polar surface area (TPSA) is 88.1 Å². The van der Waals surface area contributed by atoms with Crippen molar-refractivity contribution in [2.75, 3.05) is 13.2 Å². The van der Waals surface area contributed by atoms with Crippen molar-refractivity contribution < 1.29 is 14.6 Å². The van der Waals surface area contributed by atoms with Crippen LogP contribution >= 0.6 is 0 Å². The molecule has 0 amide bonds. The van der Waals surface area contributed by atoms with E-state index in [0.717, 1.165) is 5.82 Å². The molecule has 0 fully saturated rings. The molecule has 2 rings (SSSR count). The van der Waals surface area contributed by atoms with Gasteiger partial charge in [-0.25, -0.2) is 14.8 Å². The first-order chi connectivity index (χ1) is 8.20. The number of nitrogens with one attached hydrogen (secondary N) is 1. The van der Waals surface area contributed by atoms with Crippen LogP contribution < -0.4 is 0 Å². The summed E-state index contributed by atoms with van der Waals surface area (Å²) in [5.74, 6) is -0.242. The molecule has 0 saturated carbocycles. The number of aromatic carboxylic acids is 1. The zero-order valence-corrected chi connectivity index (χ0v) is 9.43. The van der Waals surface area contributed by atoms with Crippen LogP contribution in [-0.4, -0.2) is 39.2 Å². The van der Waals surface area contributed by atoms with E-state index in [1.54, 1.807) is 0 Å². The predicted octanol–water partition coefficient (Wildman–Crippen LogP) is 1.24. The first-order valence-corrected chi connectivity index (χ1v) is 5.36. The largest absolute Gasteiger partial charge is 0.478 e. The number of imidazole rings is 1. The highest BCUT2D eigenvalue weighted by Gasteiger charge is 2.08. The molecule has 90 valence electrons. The van der Waals surface area contributed by atoms with Gasteiger partial charge >= 0.3 is 5.97 Å². The zero-order valence-electron chi connectivity index (χ0n) is 9.43. The van der Waals surface area contributed by atoms with Gasteiger partial charge in [-0.05, 0) is 13.0 Å². The van der Waals surface area contributed by atoms with Crippen molar-refractivity contribution in [2.24, 2.45) is 0 Å². The molecule has 2 N–H and O–H groups in total. The number of ether oxygens (including phenoxy) is 1. The number of carbonyl (C=O) groups is 1. The number of aromatic nitrogens is 3. The second-order valence-electron chi connectivity index (χ2n) is 3.53. The van der Waals surface area contributed by atoms with Gasteiger partial charge in [-0.3, -0.25) is 0 Å². The van der Waals surface area contributed by atoms with Gasteiger partial charge in [0.05, 0.1) is 17.7 Å². The maximum Gasteiger partial charge on any atom is 0.337 e. The van der Waals surface area contributed by atoms with E-state index in [1.807, 2.05) is 6.92 Å². The number of hydrogen-bond acceptors (Lipinski definition) is 4. The van der Waals surface area contributed by atoms with E-state index in [-0.39, 0.29) is 5.56 Å². The minimum absolute atomic E-state index is 0.150. The van der Waals surface area contributed by atoms with Crippen molar-refractivity contribution in [3.8, 4) is 0 Å². The molecule has 0 saturated heterocycles. The second kappa shape index (κ2) is 4.92. The lowest BCUT2D eigenvalue weighted by Gasteiger charge is -1.96. The maximum absolute atomic E-state index is 10.8. The number of carboxylic acids is 1. The van der Waals surface area contributed by atoms with E-state index < -0.39 is 5.97 Å². The zero-order chi connectivity index (χ0) is 12.3. The molecule has 0 aliphatic carbocycles. The fraction of sp³-hybridized carbons (Fsp3) is 0.364. The molecule has 2 heterocycles. The molecule has 0 radical (unpaired) electrons. The minimum Gasteiger partial charge on any atom is -0.478 e. The van der Waals surface area contributed by atoms with Crippen LogP contribution in [0, 0.1) is 0 Å². The van der Waals surface area contributed by atoms with Gasteiger partial charge in [0.15, 0.2) is 5.65 Å². The summed E-state index contributed by atoms with van der Waals surface area (Å²) in [4.78, 5) is 22.0. The predicted molar refractivity (Wildman–Crippen MR) is 61.0 cm³/mol. The monoisotopic (exact) mass is 235 g/mol. The van der Waals surface area contributed by atoms with Crippen molar-refractivity contribution in [3.63, 3.8) is 0 Å². The lowest BCUT2D eigenvalue weighted by atomic mass is 10.3. The third-order valence-corrected chi connectivity index (χ3v) is 2.32. The Balaban J connectivity index is 2.21. The summed E-state index contributed by atoms with van der Waals surface area (Å²) in [7, 11) is 0. The number of carboxylic acid groups (broad SMARTS) is 1. The smallest absolute Gasteiger partial charge is 0.337 e. The third kappa shape index (κ3) is 2.59. The first-order valence-electron chi connectivity index (χ1n) is 5.36. The third-order valence-electron chi connectivity index (χ3n) is 2.32. The number of hydrogen-bond donors (Lipinski definition) is 2. The summed E-state index contributed by atoms with van der Waals surface area (Å²) in [5, 5.41) is 8.83. The normalized spacial score (nSPS) is 10.9. The Morgan fingerprint density at radius 2 is 2.41 bits per heavy atom. The molecule has 0 aromatic carbocycles. The highest BCUT2D eigenvalue weighted by Crippen LogP contribution is 2.11. The molecule has 0 aliphatic rings. The summed E-state index contributed by atoms with van der Waals surface area (Å²) in [6, 6.07) is 1.53. The Labute approximate surface area is 97.7 Å². The molecule has 2 aromatic rings. The Hall–Kier alpha value is -1.95. The fourth-order valence-corrected chi connectivity index (χ4v) is 1.50. The molecule has 17 heavy (non-hydrogen) atoms. The molecule has 0 aliphatic heterocycles. The average Bonchev–Trinajstić information content (AvgIpc) is 2.70. The van der Waals surface area contributed by atoms with Crippen LogP contribution in [0.3, 0.4) is 0 Å². The van der Waals surface area contributed by atoms with Crippen molar-refractivity contribution in [2.45, 2.75) is 13.3 Å². The van der Waals surface area contributed by atoms with Crippen LogP contribution in [0.5, 0.6) is 0 Å². The number of aromatic amines is 1. The van der Waals surface area contributed by atoms with E-state index in [9.17, 15) is 4.79 Å².